The highest BCUT2D eigenvalue weighted by Gasteiger charge is 2.43. The molecule has 3 heterocycles. The molecule has 1 nitrogen and oxygen atoms in total. The van der Waals surface area contributed by atoms with Gasteiger partial charge in [0.05, 0.1) is 0 Å². The van der Waals surface area contributed by atoms with Crippen molar-refractivity contribution in [1.29, 1.82) is 0 Å². The molecular formula is C45H40BNS. The topological polar surface area (TPSA) is 3.24 Å². The molecule has 0 aliphatic carbocycles. The molecule has 6 aromatic carbocycles. The normalized spacial score (nSPS) is 13.3. The lowest BCUT2D eigenvalue weighted by Gasteiger charge is -2.37. The van der Waals surface area contributed by atoms with Crippen molar-refractivity contribution in [2.24, 2.45) is 0 Å². The SMILES string of the molecule is CC(C)c1cccc(N2c3cc(C(C)C)ccc3B3c4ccc(C(C)C)cc4-c4cc(-c5cccc6sc7ccccc7c56)cc2c43)c1. The standard InChI is InChI=1S/C45H40BNS/c1-26(2)29-11-9-12-33(21-29)47-40-24-31(28(5)6)18-20-39(40)46-38-19-17-30(27(3)4)22-36(38)37-23-32(25-41(47)45(37)46)34-14-10-16-43-44(34)35-13-7-8-15-42(35)48-43/h7-28H,1-6H3. The highest BCUT2D eigenvalue weighted by atomic mass is 32.1. The van der Waals surface area contributed by atoms with E-state index >= 15 is 0 Å². The highest BCUT2D eigenvalue weighted by Crippen LogP contribution is 2.46. The first-order chi connectivity index (χ1) is 23.3. The Morgan fingerprint density at radius 2 is 1.21 bits per heavy atom. The van der Waals surface area contributed by atoms with E-state index in [9.17, 15) is 0 Å². The summed E-state index contributed by atoms with van der Waals surface area (Å²) in [5, 5.41) is 2.71. The molecule has 0 amide bonds. The second-order valence-electron chi connectivity index (χ2n) is 14.7. The molecule has 0 radical (unpaired) electrons. The summed E-state index contributed by atoms with van der Waals surface area (Å²) in [5.74, 6) is 1.35. The van der Waals surface area contributed by atoms with Gasteiger partial charge in [-0.2, -0.15) is 0 Å². The Hall–Kier alpha value is -4.60. The van der Waals surface area contributed by atoms with Crippen molar-refractivity contribution in [3.05, 3.63) is 132 Å². The van der Waals surface area contributed by atoms with Gasteiger partial charge in [0.1, 0.15) is 0 Å². The molecule has 0 bridgehead atoms. The van der Waals surface area contributed by atoms with Crippen LogP contribution < -0.4 is 21.3 Å². The summed E-state index contributed by atoms with van der Waals surface area (Å²) in [6.07, 6.45) is 0. The number of fused-ring (bicyclic) bond motifs is 8. The molecule has 1 aromatic heterocycles. The van der Waals surface area contributed by atoms with E-state index in [0.717, 1.165) is 0 Å². The van der Waals surface area contributed by atoms with Gasteiger partial charge < -0.3 is 4.90 Å². The molecule has 3 heteroatoms. The monoisotopic (exact) mass is 637 g/mol. The fourth-order valence-electron chi connectivity index (χ4n) is 8.20. The molecule has 0 N–H and O–H groups in total. The summed E-state index contributed by atoms with van der Waals surface area (Å²) in [6, 6.07) is 44.6. The van der Waals surface area contributed by atoms with Crippen molar-refractivity contribution in [2.75, 3.05) is 4.90 Å². The van der Waals surface area contributed by atoms with Gasteiger partial charge in [-0.15, -0.1) is 11.3 Å². The largest absolute Gasteiger partial charge is 0.311 e. The van der Waals surface area contributed by atoms with Gasteiger partial charge in [-0.05, 0) is 110 Å². The fraction of sp³-hybridized carbons (Fsp3) is 0.200. The van der Waals surface area contributed by atoms with Gasteiger partial charge in [0, 0.05) is 37.2 Å². The zero-order valence-electron chi connectivity index (χ0n) is 28.6. The van der Waals surface area contributed by atoms with E-state index in [2.05, 4.69) is 162 Å². The number of anilines is 3. The maximum atomic E-state index is 2.59. The molecule has 0 unspecified atom stereocenters. The van der Waals surface area contributed by atoms with Crippen LogP contribution in [0.5, 0.6) is 0 Å². The molecule has 0 atom stereocenters. The van der Waals surface area contributed by atoms with Crippen LogP contribution in [0.15, 0.2) is 115 Å². The number of thiophene rings is 1. The van der Waals surface area contributed by atoms with Gasteiger partial charge in [0.15, 0.2) is 0 Å². The molecule has 0 saturated heterocycles. The lowest BCUT2D eigenvalue weighted by molar-refractivity contribution is 0.865. The molecule has 234 valence electrons. The third-order valence-corrected chi connectivity index (χ3v) is 12.0. The molecule has 2 aliphatic rings. The van der Waals surface area contributed by atoms with Crippen LogP contribution in [0, 0.1) is 0 Å². The van der Waals surface area contributed by atoms with Crippen LogP contribution in [-0.2, 0) is 0 Å². The van der Waals surface area contributed by atoms with E-state index in [4.69, 9.17) is 0 Å². The summed E-state index contributed by atoms with van der Waals surface area (Å²) >= 11 is 1.90. The summed E-state index contributed by atoms with van der Waals surface area (Å²) in [4.78, 5) is 2.59. The third-order valence-electron chi connectivity index (χ3n) is 10.8. The molecule has 0 spiro atoms. The first-order valence-corrected chi connectivity index (χ1v) is 18.4. The van der Waals surface area contributed by atoms with Crippen LogP contribution in [0.2, 0.25) is 0 Å². The molecule has 2 aliphatic heterocycles. The second kappa shape index (κ2) is 11.0. The number of nitrogens with zero attached hydrogens (tertiary/aromatic N) is 1. The average Bonchev–Trinajstić information content (AvgIpc) is 3.64. The Kier molecular flexibility index (Phi) is 6.75. The van der Waals surface area contributed by atoms with E-state index in [0.29, 0.717) is 17.8 Å². The summed E-state index contributed by atoms with van der Waals surface area (Å²) in [5.41, 5.74) is 17.6. The van der Waals surface area contributed by atoms with Crippen LogP contribution in [0.25, 0.3) is 42.4 Å². The first-order valence-electron chi connectivity index (χ1n) is 17.5. The van der Waals surface area contributed by atoms with Gasteiger partial charge in [-0.1, -0.05) is 120 Å². The van der Waals surface area contributed by atoms with Gasteiger partial charge in [0.2, 0.25) is 6.71 Å². The van der Waals surface area contributed by atoms with E-state index in [1.54, 1.807) is 0 Å². The Morgan fingerprint density at radius 3 is 2.00 bits per heavy atom. The van der Waals surface area contributed by atoms with Crippen molar-refractivity contribution in [1.82, 2.24) is 0 Å². The van der Waals surface area contributed by atoms with Crippen LogP contribution in [0.1, 0.15) is 76.0 Å². The zero-order chi connectivity index (χ0) is 32.8. The Bertz CT molecular complexity index is 2410. The number of benzene rings is 6. The minimum absolute atomic E-state index is 0.207. The third kappa shape index (κ3) is 4.37. The lowest BCUT2D eigenvalue weighted by Crippen LogP contribution is -2.54. The highest BCUT2D eigenvalue weighted by molar-refractivity contribution is 7.26. The van der Waals surface area contributed by atoms with Crippen molar-refractivity contribution >= 4 is 71.7 Å². The van der Waals surface area contributed by atoms with Crippen molar-refractivity contribution < 1.29 is 0 Å². The molecule has 9 rings (SSSR count). The van der Waals surface area contributed by atoms with Crippen LogP contribution in [-0.4, -0.2) is 6.71 Å². The first kappa shape index (κ1) is 29.5. The van der Waals surface area contributed by atoms with Crippen LogP contribution >= 0.6 is 11.3 Å². The van der Waals surface area contributed by atoms with Crippen molar-refractivity contribution in [2.45, 2.75) is 59.3 Å². The Balaban J connectivity index is 1.40. The Labute approximate surface area is 289 Å². The molecule has 0 saturated carbocycles. The summed E-state index contributed by atoms with van der Waals surface area (Å²) in [6.45, 7) is 14.0. The van der Waals surface area contributed by atoms with Crippen LogP contribution in [0.3, 0.4) is 0 Å². The fourth-order valence-corrected chi connectivity index (χ4v) is 9.34. The lowest BCUT2D eigenvalue weighted by atomic mass is 9.37. The number of hydrogen-bond acceptors (Lipinski definition) is 2. The molecule has 7 aromatic rings. The van der Waals surface area contributed by atoms with Crippen molar-refractivity contribution in [3.8, 4) is 22.3 Å². The number of hydrogen-bond donors (Lipinski definition) is 0. The summed E-state index contributed by atoms with van der Waals surface area (Å²) in [7, 11) is 0. The molecular weight excluding hydrogens is 597 g/mol. The van der Waals surface area contributed by atoms with Gasteiger partial charge in [-0.25, -0.2) is 0 Å². The van der Waals surface area contributed by atoms with E-state index < -0.39 is 0 Å². The zero-order valence-corrected chi connectivity index (χ0v) is 29.5. The smallest absolute Gasteiger partial charge is 0.248 e. The maximum absolute atomic E-state index is 2.59. The summed E-state index contributed by atoms with van der Waals surface area (Å²) < 4.78 is 2.69. The molecule has 48 heavy (non-hydrogen) atoms. The Morgan fingerprint density at radius 1 is 0.521 bits per heavy atom. The minimum atomic E-state index is 0.207. The van der Waals surface area contributed by atoms with Gasteiger partial charge in [0.25, 0.3) is 0 Å². The van der Waals surface area contributed by atoms with Gasteiger partial charge >= 0.3 is 0 Å². The predicted octanol–water partition coefficient (Wildman–Crippen LogP) is 11.4. The van der Waals surface area contributed by atoms with Crippen molar-refractivity contribution in [3.63, 3.8) is 0 Å². The quantitative estimate of drug-likeness (QED) is 0.170. The van der Waals surface area contributed by atoms with Crippen LogP contribution in [0.4, 0.5) is 17.1 Å². The van der Waals surface area contributed by atoms with E-state index in [-0.39, 0.29) is 6.71 Å². The van der Waals surface area contributed by atoms with E-state index in [1.807, 2.05) is 11.3 Å². The maximum Gasteiger partial charge on any atom is 0.248 e. The van der Waals surface area contributed by atoms with Gasteiger partial charge in [-0.3, -0.25) is 0 Å². The predicted molar refractivity (Wildman–Crippen MR) is 212 cm³/mol. The number of rotatable bonds is 5. The average molecular weight is 638 g/mol. The second-order valence-corrected chi connectivity index (χ2v) is 15.8. The minimum Gasteiger partial charge on any atom is -0.311 e. The molecule has 0 fully saturated rings. The van der Waals surface area contributed by atoms with E-state index in [1.165, 1.54) is 92.6 Å².